The van der Waals surface area contributed by atoms with Crippen LogP contribution in [0, 0.1) is 5.92 Å². The van der Waals surface area contributed by atoms with E-state index in [4.69, 9.17) is 4.74 Å². The molecule has 0 radical (unpaired) electrons. The van der Waals surface area contributed by atoms with Crippen molar-refractivity contribution >= 4 is 5.91 Å². The van der Waals surface area contributed by atoms with Crippen LogP contribution in [0.2, 0.25) is 0 Å². The number of nitrogens with zero attached hydrogens (tertiary/aromatic N) is 4. The Hall–Kier alpha value is -1.40. The zero-order valence-corrected chi connectivity index (χ0v) is 15.2. The molecule has 1 amide bonds. The van der Waals surface area contributed by atoms with Crippen LogP contribution in [-0.4, -0.2) is 70.9 Å². The smallest absolute Gasteiger partial charge is 0.272 e. The van der Waals surface area contributed by atoms with E-state index < -0.39 is 0 Å². The van der Waals surface area contributed by atoms with Crippen LogP contribution in [0.5, 0.6) is 0 Å². The van der Waals surface area contributed by atoms with Crippen molar-refractivity contribution in [3.8, 4) is 0 Å². The number of rotatable bonds is 6. The molecule has 0 bridgehead atoms. The largest absolute Gasteiger partial charge is 0.383 e. The van der Waals surface area contributed by atoms with Crippen LogP contribution < -0.4 is 0 Å². The van der Waals surface area contributed by atoms with E-state index in [-0.39, 0.29) is 11.4 Å². The Kier molecular flexibility index (Phi) is 5.25. The molecular weight excluding hydrogens is 304 g/mol. The number of aromatic nitrogens is 2. The molecule has 3 rings (SSSR count). The second-order valence-electron chi connectivity index (χ2n) is 7.58. The zero-order valence-electron chi connectivity index (χ0n) is 15.2. The molecule has 1 aromatic rings. The summed E-state index contributed by atoms with van der Waals surface area (Å²) in [6.45, 7) is 9.73. The third kappa shape index (κ3) is 3.35. The average Bonchev–Trinajstić information content (AvgIpc) is 3.04. The normalized spacial score (nSPS) is 24.6. The molecule has 0 saturated carbocycles. The Morgan fingerprint density at radius 1 is 1.38 bits per heavy atom. The SMILES string of the molecule is COCCn1nccc1C(=O)N1CCC[C@@]2(CCN2CC(C)C)C1. The number of hydrogen-bond acceptors (Lipinski definition) is 4. The van der Waals surface area contributed by atoms with Gasteiger partial charge in [0.1, 0.15) is 5.69 Å². The maximum Gasteiger partial charge on any atom is 0.272 e. The molecule has 2 saturated heterocycles. The molecule has 0 unspecified atom stereocenters. The highest BCUT2D eigenvalue weighted by atomic mass is 16.5. The van der Waals surface area contributed by atoms with Gasteiger partial charge < -0.3 is 9.64 Å². The van der Waals surface area contributed by atoms with Gasteiger partial charge in [0, 0.05) is 45.0 Å². The average molecular weight is 334 g/mol. The Labute approximate surface area is 144 Å². The van der Waals surface area contributed by atoms with Crippen molar-refractivity contribution < 1.29 is 9.53 Å². The van der Waals surface area contributed by atoms with Crippen LogP contribution in [0.25, 0.3) is 0 Å². The third-order valence-electron chi connectivity index (χ3n) is 5.39. The lowest BCUT2D eigenvalue weighted by molar-refractivity contribution is -0.0650. The van der Waals surface area contributed by atoms with Gasteiger partial charge in [-0.05, 0) is 31.2 Å². The first-order valence-corrected chi connectivity index (χ1v) is 9.11. The van der Waals surface area contributed by atoms with Gasteiger partial charge in [-0.2, -0.15) is 5.10 Å². The second-order valence-corrected chi connectivity index (χ2v) is 7.58. The molecule has 1 atom stereocenters. The predicted octanol–water partition coefficient (Wildman–Crippen LogP) is 1.87. The van der Waals surface area contributed by atoms with E-state index in [1.54, 1.807) is 18.0 Å². The van der Waals surface area contributed by atoms with Gasteiger partial charge in [0.25, 0.3) is 5.91 Å². The summed E-state index contributed by atoms with van der Waals surface area (Å²) in [6.07, 6.45) is 5.22. The number of methoxy groups -OCH3 is 1. The predicted molar refractivity (Wildman–Crippen MR) is 93.0 cm³/mol. The number of hydrogen-bond donors (Lipinski definition) is 0. The summed E-state index contributed by atoms with van der Waals surface area (Å²) in [7, 11) is 1.67. The minimum atomic E-state index is 0.110. The number of carbonyl (C=O) groups is 1. The summed E-state index contributed by atoms with van der Waals surface area (Å²) in [6, 6.07) is 1.83. The Bertz CT molecular complexity index is 571. The molecule has 6 heteroatoms. The molecule has 3 heterocycles. The highest BCUT2D eigenvalue weighted by Crippen LogP contribution is 2.39. The maximum atomic E-state index is 13.0. The van der Waals surface area contributed by atoms with Crippen LogP contribution in [0.15, 0.2) is 12.3 Å². The second kappa shape index (κ2) is 7.23. The van der Waals surface area contributed by atoms with Crippen LogP contribution >= 0.6 is 0 Å². The lowest BCUT2D eigenvalue weighted by Crippen LogP contribution is -2.68. The molecule has 1 aromatic heterocycles. The van der Waals surface area contributed by atoms with E-state index >= 15 is 0 Å². The van der Waals surface area contributed by atoms with E-state index in [1.807, 2.05) is 11.0 Å². The van der Waals surface area contributed by atoms with Gasteiger partial charge in [-0.15, -0.1) is 0 Å². The topological polar surface area (TPSA) is 50.6 Å². The van der Waals surface area contributed by atoms with Gasteiger partial charge in [0.15, 0.2) is 0 Å². The standard InChI is InChI=1S/C18H30N4O2/c1-15(2)13-21-10-7-18(21)6-4-9-20(14-18)17(23)16-5-8-19-22(16)11-12-24-3/h5,8,15H,4,6-7,9-14H2,1-3H3/t18-/m1/s1. The highest BCUT2D eigenvalue weighted by molar-refractivity contribution is 5.92. The van der Waals surface area contributed by atoms with Crippen molar-refractivity contribution in [2.45, 2.75) is 45.2 Å². The summed E-state index contributed by atoms with van der Waals surface area (Å²) in [5.41, 5.74) is 0.897. The fourth-order valence-electron chi connectivity index (χ4n) is 4.09. The van der Waals surface area contributed by atoms with Crippen LogP contribution in [-0.2, 0) is 11.3 Å². The van der Waals surface area contributed by atoms with Crippen LogP contribution in [0.3, 0.4) is 0 Å². The number of carbonyl (C=O) groups excluding carboxylic acids is 1. The summed E-state index contributed by atoms with van der Waals surface area (Å²) in [5, 5.41) is 4.27. The Morgan fingerprint density at radius 3 is 2.88 bits per heavy atom. The molecule has 0 N–H and O–H groups in total. The van der Waals surface area contributed by atoms with Crippen molar-refractivity contribution in [1.82, 2.24) is 19.6 Å². The van der Waals surface area contributed by atoms with Gasteiger partial charge in [0.2, 0.25) is 0 Å². The molecule has 0 aromatic carbocycles. The molecule has 2 fully saturated rings. The summed E-state index contributed by atoms with van der Waals surface area (Å²) >= 11 is 0. The van der Waals surface area contributed by atoms with Crippen molar-refractivity contribution in [2.75, 3.05) is 39.9 Å². The van der Waals surface area contributed by atoms with Gasteiger partial charge in [0.05, 0.1) is 13.2 Å². The molecule has 2 aliphatic heterocycles. The zero-order chi connectivity index (χ0) is 17.2. The van der Waals surface area contributed by atoms with Gasteiger partial charge in [-0.3, -0.25) is 14.4 Å². The molecule has 2 aliphatic rings. The lowest BCUT2D eigenvalue weighted by Gasteiger charge is -2.57. The van der Waals surface area contributed by atoms with Crippen molar-refractivity contribution in [3.63, 3.8) is 0 Å². The van der Waals surface area contributed by atoms with Gasteiger partial charge >= 0.3 is 0 Å². The number of likely N-dealkylation sites (tertiary alicyclic amines) is 2. The Balaban J connectivity index is 1.69. The highest BCUT2D eigenvalue weighted by Gasteiger charge is 2.48. The van der Waals surface area contributed by atoms with Gasteiger partial charge in [-0.25, -0.2) is 0 Å². The first-order valence-electron chi connectivity index (χ1n) is 9.11. The summed E-state index contributed by atoms with van der Waals surface area (Å²) < 4.78 is 6.88. The number of amides is 1. The minimum Gasteiger partial charge on any atom is -0.383 e. The van der Waals surface area contributed by atoms with Crippen LogP contribution in [0.4, 0.5) is 0 Å². The maximum absolute atomic E-state index is 13.0. The lowest BCUT2D eigenvalue weighted by atomic mass is 9.77. The van der Waals surface area contributed by atoms with E-state index in [2.05, 4.69) is 23.8 Å². The fraction of sp³-hybridized carbons (Fsp3) is 0.778. The summed E-state index contributed by atoms with van der Waals surface area (Å²) in [4.78, 5) is 17.6. The fourth-order valence-corrected chi connectivity index (χ4v) is 4.09. The van der Waals surface area contributed by atoms with Gasteiger partial charge in [-0.1, -0.05) is 13.8 Å². The molecule has 1 spiro atoms. The third-order valence-corrected chi connectivity index (χ3v) is 5.39. The van der Waals surface area contributed by atoms with E-state index in [0.717, 1.165) is 26.1 Å². The first kappa shape index (κ1) is 17.4. The number of piperidine rings is 1. The van der Waals surface area contributed by atoms with E-state index in [1.165, 1.54) is 19.4 Å². The van der Waals surface area contributed by atoms with E-state index in [0.29, 0.717) is 24.8 Å². The quantitative estimate of drug-likeness (QED) is 0.797. The van der Waals surface area contributed by atoms with Crippen LogP contribution in [0.1, 0.15) is 43.6 Å². The molecule has 134 valence electrons. The first-order chi connectivity index (χ1) is 11.6. The molecule has 0 aliphatic carbocycles. The molecule has 6 nitrogen and oxygen atoms in total. The van der Waals surface area contributed by atoms with E-state index in [9.17, 15) is 4.79 Å². The minimum absolute atomic E-state index is 0.110. The van der Waals surface area contributed by atoms with Crippen molar-refractivity contribution in [3.05, 3.63) is 18.0 Å². The monoisotopic (exact) mass is 334 g/mol. The Morgan fingerprint density at radius 2 is 2.21 bits per heavy atom. The molecular formula is C18H30N4O2. The van der Waals surface area contributed by atoms with Crippen molar-refractivity contribution in [2.24, 2.45) is 5.92 Å². The molecule has 24 heavy (non-hydrogen) atoms. The summed E-state index contributed by atoms with van der Waals surface area (Å²) in [5.74, 6) is 0.780. The number of ether oxygens (including phenoxy) is 1. The van der Waals surface area contributed by atoms with Crippen molar-refractivity contribution in [1.29, 1.82) is 0 Å².